The lowest BCUT2D eigenvalue weighted by Crippen LogP contribution is -2.47. The van der Waals surface area contributed by atoms with E-state index in [0.29, 0.717) is 17.3 Å². The van der Waals surface area contributed by atoms with E-state index in [1.54, 1.807) is 24.1 Å². The number of nitrogens with zero attached hydrogens (tertiary/aromatic N) is 2. The van der Waals surface area contributed by atoms with Gasteiger partial charge in [-0.05, 0) is 31.2 Å². The van der Waals surface area contributed by atoms with Crippen LogP contribution in [0.4, 0.5) is 16.2 Å². The molecule has 0 spiro atoms. The molecule has 1 N–H and O–H groups in total. The zero-order chi connectivity index (χ0) is 17.8. The second-order valence-electron chi connectivity index (χ2n) is 6.04. The van der Waals surface area contributed by atoms with Gasteiger partial charge in [-0.15, -0.1) is 0 Å². The number of para-hydroxylation sites is 3. The maximum Gasteiger partial charge on any atom is 0.321 e. The number of amides is 2. The second kappa shape index (κ2) is 7.66. The van der Waals surface area contributed by atoms with E-state index in [1.807, 2.05) is 30.3 Å². The molecule has 0 aromatic heterocycles. The molecule has 0 fully saturated rings. The number of fused-ring (bicyclic) bond motifs is 1. The SMILES string of the molecule is CCN1CC(CN(C)C(=O)Nc2ccccc2Cl)Oc2ccccc21. The van der Waals surface area contributed by atoms with Gasteiger partial charge in [0.15, 0.2) is 0 Å². The summed E-state index contributed by atoms with van der Waals surface area (Å²) in [6, 6.07) is 15.0. The third-order valence-corrected chi connectivity index (χ3v) is 4.57. The van der Waals surface area contributed by atoms with Crippen LogP contribution in [0.2, 0.25) is 5.02 Å². The second-order valence-corrected chi connectivity index (χ2v) is 6.44. The lowest BCUT2D eigenvalue weighted by atomic mass is 10.2. The van der Waals surface area contributed by atoms with E-state index in [0.717, 1.165) is 24.5 Å². The number of benzene rings is 2. The van der Waals surface area contributed by atoms with Crippen molar-refractivity contribution in [2.24, 2.45) is 0 Å². The molecule has 2 amide bonds. The molecule has 5 nitrogen and oxygen atoms in total. The first-order chi connectivity index (χ1) is 12.1. The first-order valence-corrected chi connectivity index (χ1v) is 8.73. The van der Waals surface area contributed by atoms with Gasteiger partial charge in [-0.2, -0.15) is 0 Å². The normalized spacial score (nSPS) is 16.0. The highest BCUT2D eigenvalue weighted by Crippen LogP contribution is 2.32. The summed E-state index contributed by atoms with van der Waals surface area (Å²) in [4.78, 5) is 16.3. The smallest absolute Gasteiger partial charge is 0.321 e. The van der Waals surface area contributed by atoms with Gasteiger partial charge >= 0.3 is 6.03 Å². The molecule has 0 aliphatic carbocycles. The predicted molar refractivity (Wildman–Crippen MR) is 102 cm³/mol. The summed E-state index contributed by atoms with van der Waals surface area (Å²) in [6.45, 7) is 4.25. The molecule has 0 radical (unpaired) electrons. The van der Waals surface area contributed by atoms with Crippen molar-refractivity contribution in [3.8, 4) is 5.75 Å². The molecule has 0 saturated carbocycles. The molecule has 2 aromatic rings. The van der Waals surface area contributed by atoms with Crippen molar-refractivity contribution in [3.05, 3.63) is 53.6 Å². The Morgan fingerprint density at radius 1 is 1.28 bits per heavy atom. The van der Waals surface area contributed by atoms with Crippen molar-refractivity contribution >= 4 is 29.0 Å². The molecular weight excluding hydrogens is 338 g/mol. The lowest BCUT2D eigenvalue weighted by molar-refractivity contribution is 0.150. The Morgan fingerprint density at radius 2 is 2.00 bits per heavy atom. The topological polar surface area (TPSA) is 44.8 Å². The Bertz CT molecular complexity index is 753. The summed E-state index contributed by atoms with van der Waals surface area (Å²) in [5.41, 5.74) is 1.70. The van der Waals surface area contributed by atoms with E-state index in [9.17, 15) is 4.79 Å². The largest absolute Gasteiger partial charge is 0.485 e. The Morgan fingerprint density at radius 3 is 2.76 bits per heavy atom. The quantitative estimate of drug-likeness (QED) is 0.894. The maximum absolute atomic E-state index is 12.4. The summed E-state index contributed by atoms with van der Waals surface area (Å²) in [5.74, 6) is 0.862. The zero-order valence-electron chi connectivity index (χ0n) is 14.4. The average Bonchev–Trinajstić information content (AvgIpc) is 2.62. The summed E-state index contributed by atoms with van der Waals surface area (Å²) in [5, 5.41) is 3.35. The van der Waals surface area contributed by atoms with Gasteiger partial charge in [-0.3, -0.25) is 0 Å². The highest BCUT2D eigenvalue weighted by Gasteiger charge is 2.26. The minimum atomic E-state index is -0.210. The van der Waals surface area contributed by atoms with Crippen LogP contribution in [0.15, 0.2) is 48.5 Å². The van der Waals surface area contributed by atoms with Gasteiger partial charge in [0.05, 0.1) is 29.5 Å². The van der Waals surface area contributed by atoms with Crippen LogP contribution in [-0.2, 0) is 0 Å². The number of carbonyl (C=O) groups is 1. The number of carbonyl (C=O) groups excluding carboxylic acids is 1. The Labute approximate surface area is 153 Å². The predicted octanol–water partition coefficient (Wildman–Crippen LogP) is 4.09. The molecule has 0 saturated heterocycles. The molecular formula is C19H22ClN3O2. The molecule has 1 unspecified atom stereocenters. The van der Waals surface area contributed by atoms with Crippen molar-refractivity contribution < 1.29 is 9.53 Å². The molecule has 1 aliphatic rings. The van der Waals surface area contributed by atoms with Gasteiger partial charge in [0.25, 0.3) is 0 Å². The van der Waals surface area contributed by atoms with E-state index < -0.39 is 0 Å². The van der Waals surface area contributed by atoms with Crippen molar-refractivity contribution in [2.45, 2.75) is 13.0 Å². The number of nitrogens with one attached hydrogen (secondary N) is 1. The van der Waals surface area contributed by atoms with Gasteiger partial charge in [0.2, 0.25) is 0 Å². The van der Waals surface area contributed by atoms with E-state index >= 15 is 0 Å². The number of rotatable bonds is 4. The van der Waals surface area contributed by atoms with Gasteiger partial charge in [0, 0.05) is 13.6 Å². The maximum atomic E-state index is 12.4. The minimum Gasteiger partial charge on any atom is -0.485 e. The van der Waals surface area contributed by atoms with Crippen molar-refractivity contribution in [1.82, 2.24) is 4.90 Å². The van der Waals surface area contributed by atoms with Gasteiger partial charge < -0.3 is 19.9 Å². The first-order valence-electron chi connectivity index (χ1n) is 8.35. The lowest BCUT2D eigenvalue weighted by Gasteiger charge is -2.37. The molecule has 1 aliphatic heterocycles. The number of urea groups is 1. The molecule has 1 atom stereocenters. The number of hydrogen-bond donors (Lipinski definition) is 1. The van der Waals surface area contributed by atoms with Crippen LogP contribution in [0.5, 0.6) is 5.75 Å². The van der Waals surface area contributed by atoms with Crippen LogP contribution in [0.25, 0.3) is 0 Å². The molecule has 25 heavy (non-hydrogen) atoms. The molecule has 2 aromatic carbocycles. The third kappa shape index (κ3) is 3.99. The van der Waals surface area contributed by atoms with E-state index in [-0.39, 0.29) is 12.1 Å². The number of hydrogen-bond acceptors (Lipinski definition) is 3. The Hall–Kier alpha value is -2.40. The van der Waals surface area contributed by atoms with Gasteiger partial charge in [-0.25, -0.2) is 4.79 Å². The molecule has 3 rings (SSSR count). The van der Waals surface area contributed by atoms with Crippen LogP contribution in [0.1, 0.15) is 6.92 Å². The van der Waals surface area contributed by atoms with Crippen LogP contribution < -0.4 is 15.0 Å². The van der Waals surface area contributed by atoms with Crippen LogP contribution in [-0.4, -0.2) is 43.7 Å². The summed E-state index contributed by atoms with van der Waals surface area (Å²) in [6.07, 6.45) is -0.0863. The zero-order valence-corrected chi connectivity index (χ0v) is 15.2. The fourth-order valence-corrected chi connectivity index (χ4v) is 3.12. The molecule has 6 heteroatoms. The number of halogens is 1. The van der Waals surface area contributed by atoms with Crippen LogP contribution in [0.3, 0.4) is 0 Å². The van der Waals surface area contributed by atoms with Crippen LogP contribution >= 0.6 is 11.6 Å². The fourth-order valence-electron chi connectivity index (χ4n) is 2.94. The highest BCUT2D eigenvalue weighted by atomic mass is 35.5. The van der Waals surface area contributed by atoms with Gasteiger partial charge in [-0.1, -0.05) is 35.9 Å². The van der Waals surface area contributed by atoms with E-state index in [4.69, 9.17) is 16.3 Å². The summed E-state index contributed by atoms with van der Waals surface area (Å²) in [7, 11) is 1.76. The first kappa shape index (κ1) is 17.4. The minimum absolute atomic E-state index is 0.0863. The number of ether oxygens (including phenoxy) is 1. The monoisotopic (exact) mass is 359 g/mol. The third-order valence-electron chi connectivity index (χ3n) is 4.24. The fraction of sp³-hybridized carbons (Fsp3) is 0.316. The van der Waals surface area contributed by atoms with Crippen molar-refractivity contribution in [3.63, 3.8) is 0 Å². The molecule has 1 heterocycles. The van der Waals surface area contributed by atoms with E-state index in [2.05, 4.69) is 23.2 Å². The Balaban J connectivity index is 1.64. The average molecular weight is 360 g/mol. The molecule has 132 valence electrons. The van der Waals surface area contributed by atoms with Crippen LogP contribution in [0, 0.1) is 0 Å². The Kier molecular flexibility index (Phi) is 5.34. The summed E-state index contributed by atoms with van der Waals surface area (Å²) >= 11 is 6.09. The standard InChI is InChI=1S/C19H22ClN3O2/c1-3-23-13-14(25-18-11-7-6-10-17(18)23)12-22(2)19(24)21-16-9-5-4-8-15(16)20/h4-11,14H,3,12-13H2,1-2H3,(H,21,24). The van der Waals surface area contributed by atoms with Crippen molar-refractivity contribution in [1.29, 1.82) is 0 Å². The van der Waals surface area contributed by atoms with Crippen molar-refractivity contribution in [2.75, 3.05) is 36.9 Å². The van der Waals surface area contributed by atoms with Gasteiger partial charge in [0.1, 0.15) is 11.9 Å². The van der Waals surface area contributed by atoms with E-state index in [1.165, 1.54) is 0 Å². The summed E-state index contributed by atoms with van der Waals surface area (Å²) < 4.78 is 6.07. The number of anilines is 2. The highest BCUT2D eigenvalue weighted by molar-refractivity contribution is 6.33. The number of likely N-dealkylation sites (N-methyl/N-ethyl adjacent to an activating group) is 2. The molecule has 0 bridgehead atoms.